The highest BCUT2D eigenvalue weighted by atomic mass is 79.9. The first-order valence-corrected chi connectivity index (χ1v) is 7.38. The maximum atomic E-state index is 12.1. The van der Waals surface area contributed by atoms with Gasteiger partial charge in [0.05, 0.1) is 0 Å². The van der Waals surface area contributed by atoms with E-state index in [-0.39, 0.29) is 5.91 Å². The minimum Gasteiger partial charge on any atom is -0.321 e. The van der Waals surface area contributed by atoms with Gasteiger partial charge in [-0.3, -0.25) is 4.79 Å². The SMILES string of the molecule is CCc1ccc(/C=C2/C(=O)Nc3ccc(Br)cc32)cc1. The predicted molar refractivity (Wildman–Crippen MR) is 86.5 cm³/mol. The fourth-order valence-corrected chi connectivity index (χ4v) is 2.68. The lowest BCUT2D eigenvalue weighted by Crippen LogP contribution is -2.03. The summed E-state index contributed by atoms with van der Waals surface area (Å²) >= 11 is 3.45. The van der Waals surface area contributed by atoms with Crippen molar-refractivity contribution in [3.8, 4) is 0 Å². The molecule has 0 fully saturated rings. The number of halogens is 1. The number of nitrogens with one attached hydrogen (secondary N) is 1. The van der Waals surface area contributed by atoms with Gasteiger partial charge in [0, 0.05) is 21.3 Å². The molecule has 20 heavy (non-hydrogen) atoms. The van der Waals surface area contributed by atoms with Crippen molar-refractivity contribution < 1.29 is 4.79 Å². The van der Waals surface area contributed by atoms with Crippen LogP contribution < -0.4 is 5.32 Å². The Hall–Kier alpha value is -1.87. The van der Waals surface area contributed by atoms with Gasteiger partial charge < -0.3 is 5.32 Å². The first-order valence-electron chi connectivity index (χ1n) is 6.59. The topological polar surface area (TPSA) is 29.1 Å². The number of hydrogen-bond acceptors (Lipinski definition) is 1. The largest absolute Gasteiger partial charge is 0.321 e. The van der Waals surface area contributed by atoms with Crippen molar-refractivity contribution in [3.05, 3.63) is 63.6 Å². The number of hydrogen-bond donors (Lipinski definition) is 1. The Morgan fingerprint density at radius 1 is 1.15 bits per heavy atom. The molecule has 1 aliphatic heterocycles. The molecule has 0 aromatic heterocycles. The Kier molecular flexibility index (Phi) is 3.45. The molecule has 3 heteroatoms. The second kappa shape index (κ2) is 5.25. The van der Waals surface area contributed by atoms with Crippen molar-refractivity contribution >= 4 is 39.2 Å². The van der Waals surface area contributed by atoms with Crippen molar-refractivity contribution in [1.82, 2.24) is 0 Å². The lowest BCUT2D eigenvalue weighted by molar-refractivity contribution is -0.110. The van der Waals surface area contributed by atoms with Gasteiger partial charge >= 0.3 is 0 Å². The summed E-state index contributed by atoms with van der Waals surface area (Å²) in [5.41, 5.74) is 4.87. The summed E-state index contributed by atoms with van der Waals surface area (Å²) in [5, 5.41) is 2.89. The molecule has 1 amide bonds. The third-order valence-corrected chi connectivity index (χ3v) is 3.96. The van der Waals surface area contributed by atoms with Crippen molar-refractivity contribution in [2.45, 2.75) is 13.3 Å². The molecule has 2 aromatic rings. The quantitative estimate of drug-likeness (QED) is 0.808. The smallest absolute Gasteiger partial charge is 0.256 e. The fraction of sp³-hybridized carbons (Fsp3) is 0.118. The third-order valence-electron chi connectivity index (χ3n) is 3.46. The second-order valence-electron chi connectivity index (χ2n) is 4.80. The summed E-state index contributed by atoms with van der Waals surface area (Å²) in [6.07, 6.45) is 2.96. The van der Waals surface area contributed by atoms with Crippen LogP contribution in [0.15, 0.2) is 46.9 Å². The van der Waals surface area contributed by atoms with Crippen LogP contribution in [0.1, 0.15) is 23.6 Å². The molecule has 1 N–H and O–H groups in total. The molecule has 0 unspecified atom stereocenters. The summed E-state index contributed by atoms with van der Waals surface area (Å²) in [5.74, 6) is -0.0438. The molecule has 2 aromatic carbocycles. The minimum absolute atomic E-state index is 0.0438. The van der Waals surface area contributed by atoms with E-state index in [1.54, 1.807) is 0 Å². The van der Waals surface area contributed by atoms with Gasteiger partial charge in [0.1, 0.15) is 0 Å². The maximum Gasteiger partial charge on any atom is 0.256 e. The van der Waals surface area contributed by atoms with Crippen LogP contribution in [0, 0.1) is 0 Å². The molecule has 0 saturated carbocycles. The highest BCUT2D eigenvalue weighted by Crippen LogP contribution is 2.34. The van der Waals surface area contributed by atoms with Crippen LogP contribution in [-0.4, -0.2) is 5.91 Å². The molecule has 0 saturated heterocycles. The van der Waals surface area contributed by atoms with Gasteiger partial charge in [0.2, 0.25) is 0 Å². The number of amides is 1. The van der Waals surface area contributed by atoms with E-state index >= 15 is 0 Å². The van der Waals surface area contributed by atoms with E-state index in [9.17, 15) is 4.79 Å². The molecule has 100 valence electrons. The molecule has 0 atom stereocenters. The van der Waals surface area contributed by atoms with Crippen LogP contribution in [0.4, 0.5) is 5.69 Å². The fourth-order valence-electron chi connectivity index (χ4n) is 2.32. The van der Waals surface area contributed by atoms with Gasteiger partial charge in [-0.15, -0.1) is 0 Å². The summed E-state index contributed by atoms with van der Waals surface area (Å²) < 4.78 is 0.972. The van der Waals surface area contributed by atoms with Gasteiger partial charge in [0.15, 0.2) is 0 Å². The van der Waals surface area contributed by atoms with E-state index in [2.05, 4.69) is 52.4 Å². The number of fused-ring (bicyclic) bond motifs is 1. The van der Waals surface area contributed by atoms with Gasteiger partial charge in [0.25, 0.3) is 5.91 Å². The number of aryl methyl sites for hydroxylation is 1. The van der Waals surface area contributed by atoms with Crippen molar-refractivity contribution in [2.75, 3.05) is 5.32 Å². The molecule has 0 radical (unpaired) electrons. The number of benzene rings is 2. The Morgan fingerprint density at radius 2 is 1.90 bits per heavy atom. The maximum absolute atomic E-state index is 12.1. The summed E-state index contributed by atoms with van der Waals surface area (Å²) in [6.45, 7) is 2.13. The second-order valence-corrected chi connectivity index (χ2v) is 5.71. The molecule has 3 rings (SSSR count). The van der Waals surface area contributed by atoms with Crippen LogP contribution in [-0.2, 0) is 11.2 Å². The highest BCUT2D eigenvalue weighted by Gasteiger charge is 2.23. The van der Waals surface area contributed by atoms with Gasteiger partial charge in [-0.2, -0.15) is 0 Å². The average Bonchev–Trinajstić information content (AvgIpc) is 2.76. The Balaban J connectivity index is 2.03. The predicted octanol–water partition coefficient (Wildman–Crippen LogP) is 4.50. The van der Waals surface area contributed by atoms with E-state index in [0.717, 1.165) is 27.7 Å². The van der Waals surface area contributed by atoms with Crippen molar-refractivity contribution in [2.24, 2.45) is 0 Å². The molecule has 1 heterocycles. The van der Waals surface area contributed by atoms with Crippen LogP contribution in [0.5, 0.6) is 0 Å². The standard InChI is InChI=1S/C17H14BrNO/c1-2-11-3-5-12(6-4-11)9-15-14-10-13(18)7-8-16(14)19-17(15)20/h3-10H,2H2,1H3,(H,19,20)/b15-9+. The Morgan fingerprint density at radius 3 is 2.60 bits per heavy atom. The van der Waals surface area contributed by atoms with Gasteiger partial charge in [-0.05, 0) is 41.8 Å². The minimum atomic E-state index is -0.0438. The van der Waals surface area contributed by atoms with Crippen LogP contribution >= 0.6 is 15.9 Å². The zero-order valence-corrected chi connectivity index (χ0v) is 12.7. The Labute approximate surface area is 126 Å². The lowest BCUT2D eigenvalue weighted by atomic mass is 10.0. The monoisotopic (exact) mass is 327 g/mol. The van der Waals surface area contributed by atoms with Crippen LogP contribution in [0.2, 0.25) is 0 Å². The first kappa shape index (κ1) is 13.1. The van der Waals surface area contributed by atoms with E-state index < -0.39 is 0 Å². The summed E-state index contributed by atoms with van der Waals surface area (Å²) in [6, 6.07) is 14.1. The van der Waals surface area contributed by atoms with E-state index in [1.807, 2.05) is 24.3 Å². The average molecular weight is 328 g/mol. The van der Waals surface area contributed by atoms with Crippen molar-refractivity contribution in [3.63, 3.8) is 0 Å². The van der Waals surface area contributed by atoms with E-state index in [4.69, 9.17) is 0 Å². The van der Waals surface area contributed by atoms with Crippen LogP contribution in [0.3, 0.4) is 0 Å². The molecule has 0 spiro atoms. The molecular weight excluding hydrogens is 314 g/mol. The highest BCUT2D eigenvalue weighted by molar-refractivity contribution is 9.10. The summed E-state index contributed by atoms with van der Waals surface area (Å²) in [4.78, 5) is 12.1. The number of carbonyl (C=O) groups is 1. The Bertz CT molecular complexity index is 701. The number of carbonyl (C=O) groups excluding carboxylic acids is 1. The summed E-state index contributed by atoms with van der Waals surface area (Å²) in [7, 11) is 0. The molecule has 0 aliphatic carbocycles. The van der Waals surface area contributed by atoms with Gasteiger partial charge in [-0.25, -0.2) is 0 Å². The van der Waals surface area contributed by atoms with E-state index in [1.165, 1.54) is 5.56 Å². The molecule has 1 aliphatic rings. The molecular formula is C17H14BrNO. The normalized spacial score (nSPS) is 15.3. The number of anilines is 1. The zero-order chi connectivity index (χ0) is 14.1. The lowest BCUT2D eigenvalue weighted by Gasteiger charge is -2.01. The van der Waals surface area contributed by atoms with Crippen LogP contribution in [0.25, 0.3) is 11.6 Å². The molecule has 0 bridgehead atoms. The number of rotatable bonds is 2. The van der Waals surface area contributed by atoms with Gasteiger partial charge in [-0.1, -0.05) is 47.1 Å². The zero-order valence-electron chi connectivity index (χ0n) is 11.1. The van der Waals surface area contributed by atoms with Crippen molar-refractivity contribution in [1.29, 1.82) is 0 Å². The van der Waals surface area contributed by atoms with E-state index in [0.29, 0.717) is 5.57 Å². The first-order chi connectivity index (χ1) is 9.67. The third kappa shape index (κ3) is 2.41. The molecule has 2 nitrogen and oxygen atoms in total.